The lowest BCUT2D eigenvalue weighted by Crippen LogP contribution is -1.90. The number of furan rings is 1. The van der Waals surface area contributed by atoms with Crippen LogP contribution < -0.4 is 4.74 Å². The van der Waals surface area contributed by atoms with E-state index in [4.69, 9.17) is 4.42 Å². The topological polar surface area (TPSA) is 82.6 Å². The summed E-state index contributed by atoms with van der Waals surface area (Å²) in [5, 5.41) is 10.8. The van der Waals surface area contributed by atoms with Gasteiger partial charge in [-0.05, 0) is 12.1 Å². The van der Waals surface area contributed by atoms with Gasteiger partial charge >= 0.3 is 6.47 Å². The fourth-order valence-corrected chi connectivity index (χ4v) is 1.42. The minimum absolute atomic E-state index is 0.00634. The largest absolute Gasteiger partial charge is 0.425 e. The molecule has 0 unspecified atom stereocenters. The number of carbonyl (C=O) groups excluding carboxylic acids is 1. The summed E-state index contributed by atoms with van der Waals surface area (Å²) in [7, 11) is 0. The Balaban J connectivity index is 2.44. The van der Waals surface area contributed by atoms with Gasteiger partial charge in [-0.25, -0.2) is 0 Å². The second kappa shape index (κ2) is 4.48. The van der Waals surface area contributed by atoms with E-state index in [1.807, 2.05) is 0 Å². The van der Waals surface area contributed by atoms with Crippen molar-refractivity contribution in [1.29, 1.82) is 0 Å². The highest BCUT2D eigenvalue weighted by molar-refractivity contribution is 5.69. The summed E-state index contributed by atoms with van der Waals surface area (Å²) in [4.78, 5) is 20.4. The predicted molar refractivity (Wildman–Crippen MR) is 57.5 cm³/mol. The van der Waals surface area contributed by atoms with Gasteiger partial charge in [0.25, 0.3) is 11.6 Å². The molecule has 6 heteroatoms. The number of carbonyl (C=O) groups is 1. The number of rotatable bonds is 4. The first-order valence-corrected chi connectivity index (χ1v) is 4.66. The standard InChI is InChI=1S/C11H7NO5/c13-7-16-11-6-5-10(17-11)8-3-1-2-4-9(8)12(14)15/h1-7H. The van der Waals surface area contributed by atoms with Gasteiger partial charge in [0.05, 0.1) is 10.5 Å². The van der Waals surface area contributed by atoms with Gasteiger partial charge in [-0.1, -0.05) is 12.1 Å². The van der Waals surface area contributed by atoms with Crippen molar-refractivity contribution in [1.82, 2.24) is 0 Å². The number of para-hydroxylation sites is 1. The van der Waals surface area contributed by atoms with Gasteiger partial charge in [-0.15, -0.1) is 0 Å². The van der Waals surface area contributed by atoms with Gasteiger partial charge in [0, 0.05) is 12.1 Å². The molecular weight excluding hydrogens is 226 g/mol. The maximum Gasteiger partial charge on any atom is 0.300 e. The maximum absolute atomic E-state index is 10.8. The molecule has 0 aliphatic rings. The van der Waals surface area contributed by atoms with E-state index in [9.17, 15) is 14.9 Å². The van der Waals surface area contributed by atoms with Crippen LogP contribution in [-0.2, 0) is 4.79 Å². The molecule has 0 atom stereocenters. The Hall–Kier alpha value is -2.63. The van der Waals surface area contributed by atoms with Gasteiger partial charge in [0.15, 0.2) is 0 Å². The van der Waals surface area contributed by atoms with Crippen LogP contribution in [0.3, 0.4) is 0 Å². The summed E-state index contributed by atoms with van der Waals surface area (Å²) in [5.74, 6) is 0.266. The third-order valence-electron chi connectivity index (χ3n) is 2.11. The number of ether oxygens (including phenoxy) is 1. The molecule has 1 aromatic carbocycles. The molecule has 0 radical (unpaired) electrons. The number of nitrogens with zero attached hydrogens (tertiary/aromatic N) is 1. The lowest BCUT2D eigenvalue weighted by Gasteiger charge is -1.98. The third-order valence-corrected chi connectivity index (χ3v) is 2.11. The number of nitro groups is 1. The molecule has 17 heavy (non-hydrogen) atoms. The number of nitro benzene ring substituents is 1. The Morgan fingerprint density at radius 3 is 2.71 bits per heavy atom. The van der Waals surface area contributed by atoms with Gasteiger partial charge in [-0.3, -0.25) is 14.9 Å². The lowest BCUT2D eigenvalue weighted by molar-refractivity contribution is -0.384. The van der Waals surface area contributed by atoms with Gasteiger partial charge in [0.1, 0.15) is 5.76 Å². The van der Waals surface area contributed by atoms with Crippen LogP contribution in [0.15, 0.2) is 40.8 Å². The molecule has 0 aliphatic carbocycles. The minimum Gasteiger partial charge on any atom is -0.425 e. The molecule has 0 amide bonds. The Labute approximate surface area is 95.6 Å². The van der Waals surface area contributed by atoms with Crippen molar-refractivity contribution in [2.75, 3.05) is 0 Å². The van der Waals surface area contributed by atoms with Crippen molar-refractivity contribution in [3.05, 3.63) is 46.5 Å². The number of hydrogen-bond donors (Lipinski definition) is 0. The normalized spacial score (nSPS) is 9.88. The quantitative estimate of drug-likeness (QED) is 0.460. The molecular formula is C11H7NO5. The van der Waals surface area contributed by atoms with Crippen LogP contribution in [0.1, 0.15) is 0 Å². The van der Waals surface area contributed by atoms with E-state index in [1.165, 1.54) is 18.2 Å². The Morgan fingerprint density at radius 2 is 2.00 bits per heavy atom. The second-order valence-electron chi connectivity index (χ2n) is 3.11. The molecule has 86 valence electrons. The first-order chi connectivity index (χ1) is 8.22. The van der Waals surface area contributed by atoms with Crippen LogP contribution in [0, 0.1) is 10.1 Å². The monoisotopic (exact) mass is 233 g/mol. The average Bonchev–Trinajstić information content (AvgIpc) is 2.78. The molecule has 0 fully saturated rings. The van der Waals surface area contributed by atoms with Crippen molar-refractivity contribution >= 4 is 12.2 Å². The Morgan fingerprint density at radius 1 is 1.24 bits per heavy atom. The van der Waals surface area contributed by atoms with E-state index in [1.54, 1.807) is 18.2 Å². The summed E-state index contributed by atoms with van der Waals surface area (Å²) in [6.07, 6.45) is 0. The van der Waals surface area contributed by atoms with Crippen LogP contribution in [-0.4, -0.2) is 11.4 Å². The summed E-state index contributed by atoms with van der Waals surface area (Å²) in [6.45, 7) is 0.224. The summed E-state index contributed by atoms with van der Waals surface area (Å²) < 4.78 is 9.63. The summed E-state index contributed by atoms with van der Waals surface area (Å²) >= 11 is 0. The minimum atomic E-state index is -0.502. The highest BCUT2D eigenvalue weighted by atomic mass is 16.6. The van der Waals surface area contributed by atoms with Crippen LogP contribution in [0.25, 0.3) is 11.3 Å². The average molecular weight is 233 g/mol. The zero-order valence-electron chi connectivity index (χ0n) is 8.53. The fourth-order valence-electron chi connectivity index (χ4n) is 1.42. The second-order valence-corrected chi connectivity index (χ2v) is 3.11. The number of benzene rings is 1. The highest BCUT2D eigenvalue weighted by Crippen LogP contribution is 2.32. The fraction of sp³-hybridized carbons (Fsp3) is 0. The molecule has 0 spiro atoms. The van der Waals surface area contributed by atoms with Crippen LogP contribution in [0.4, 0.5) is 5.69 Å². The summed E-state index contributed by atoms with van der Waals surface area (Å²) in [6, 6.07) is 9.07. The molecule has 6 nitrogen and oxygen atoms in total. The Kier molecular flexibility index (Phi) is 2.87. The number of hydrogen-bond acceptors (Lipinski definition) is 5. The van der Waals surface area contributed by atoms with Crippen LogP contribution in [0.2, 0.25) is 0 Å². The zero-order valence-corrected chi connectivity index (χ0v) is 8.53. The van der Waals surface area contributed by atoms with E-state index in [0.717, 1.165) is 0 Å². The first-order valence-electron chi connectivity index (χ1n) is 4.66. The van der Waals surface area contributed by atoms with E-state index in [0.29, 0.717) is 5.56 Å². The van der Waals surface area contributed by atoms with E-state index >= 15 is 0 Å². The molecule has 2 rings (SSSR count). The van der Waals surface area contributed by atoms with Crippen LogP contribution >= 0.6 is 0 Å². The SMILES string of the molecule is O=COc1ccc(-c2ccccc2[N+](=O)[O-])o1. The van der Waals surface area contributed by atoms with Crippen molar-refractivity contribution in [2.45, 2.75) is 0 Å². The smallest absolute Gasteiger partial charge is 0.300 e. The maximum atomic E-state index is 10.8. The van der Waals surface area contributed by atoms with Crippen molar-refractivity contribution in [3.8, 4) is 17.3 Å². The molecule has 0 aliphatic heterocycles. The van der Waals surface area contributed by atoms with Gasteiger partial charge < -0.3 is 9.15 Å². The summed E-state index contributed by atoms with van der Waals surface area (Å²) in [5.41, 5.74) is 0.262. The van der Waals surface area contributed by atoms with Crippen LogP contribution in [0.5, 0.6) is 5.95 Å². The third kappa shape index (κ3) is 2.15. The molecule has 2 aromatic rings. The highest BCUT2D eigenvalue weighted by Gasteiger charge is 2.17. The van der Waals surface area contributed by atoms with Gasteiger partial charge in [-0.2, -0.15) is 0 Å². The molecule has 1 heterocycles. The zero-order chi connectivity index (χ0) is 12.3. The first kappa shape index (κ1) is 10.9. The molecule has 0 bridgehead atoms. The van der Waals surface area contributed by atoms with E-state index in [2.05, 4.69) is 4.74 Å². The van der Waals surface area contributed by atoms with Crippen molar-refractivity contribution < 1.29 is 18.9 Å². The molecule has 1 aromatic heterocycles. The predicted octanol–water partition coefficient (Wildman–Crippen LogP) is 2.39. The van der Waals surface area contributed by atoms with E-state index < -0.39 is 4.92 Å². The van der Waals surface area contributed by atoms with Crippen molar-refractivity contribution in [3.63, 3.8) is 0 Å². The molecule has 0 saturated heterocycles. The Bertz CT molecular complexity index is 560. The van der Waals surface area contributed by atoms with Crippen molar-refractivity contribution in [2.24, 2.45) is 0 Å². The van der Waals surface area contributed by atoms with E-state index in [-0.39, 0.29) is 23.9 Å². The molecule has 0 saturated carbocycles. The van der Waals surface area contributed by atoms with Gasteiger partial charge in [0.2, 0.25) is 0 Å². The lowest BCUT2D eigenvalue weighted by atomic mass is 10.1. The molecule has 0 N–H and O–H groups in total.